The van der Waals surface area contributed by atoms with Crippen LogP contribution in [0.5, 0.6) is 0 Å². The number of esters is 1. The van der Waals surface area contributed by atoms with Crippen molar-refractivity contribution >= 4 is 12.1 Å². The molecule has 0 aromatic heterocycles. The van der Waals surface area contributed by atoms with E-state index in [9.17, 15) is 9.59 Å². The van der Waals surface area contributed by atoms with Crippen molar-refractivity contribution in [3.8, 4) is 0 Å². The molecule has 5 aliphatic rings. The molecule has 4 bridgehead atoms. The summed E-state index contributed by atoms with van der Waals surface area (Å²) in [6.07, 6.45) is 9.74. The molecule has 1 aliphatic heterocycles. The number of likely N-dealkylation sites (tertiary alicyclic amines) is 1. The van der Waals surface area contributed by atoms with E-state index in [1.54, 1.807) is 4.90 Å². The van der Waals surface area contributed by atoms with Gasteiger partial charge in [0.25, 0.3) is 0 Å². The average Bonchev–Trinajstić information content (AvgIpc) is 2.53. The molecule has 5 nitrogen and oxygen atoms in total. The molecule has 1 amide bonds. The van der Waals surface area contributed by atoms with E-state index < -0.39 is 0 Å². The Kier molecular flexibility index (Phi) is 4.67. The number of nitrogens with zero attached hydrogens (tertiary/aromatic N) is 1. The zero-order chi connectivity index (χ0) is 17.4. The van der Waals surface area contributed by atoms with Gasteiger partial charge in [-0.25, -0.2) is 4.79 Å². The van der Waals surface area contributed by atoms with Gasteiger partial charge < -0.3 is 14.4 Å². The Bertz CT molecular complexity index is 489. The van der Waals surface area contributed by atoms with Crippen LogP contribution in [0.1, 0.15) is 64.7 Å². The number of rotatable bonds is 4. The Morgan fingerprint density at radius 1 is 1.00 bits per heavy atom. The van der Waals surface area contributed by atoms with Crippen LogP contribution in [-0.4, -0.2) is 42.8 Å². The van der Waals surface area contributed by atoms with E-state index in [4.69, 9.17) is 9.47 Å². The van der Waals surface area contributed by atoms with Gasteiger partial charge in [-0.3, -0.25) is 4.79 Å². The molecule has 0 spiro atoms. The maximum absolute atomic E-state index is 12.6. The highest BCUT2D eigenvalue weighted by Gasteiger charge is 2.51. The third-order valence-electron chi connectivity index (χ3n) is 6.95. The van der Waals surface area contributed by atoms with Gasteiger partial charge in [-0.05, 0) is 68.6 Å². The fourth-order valence-corrected chi connectivity index (χ4v) is 6.41. The third-order valence-corrected chi connectivity index (χ3v) is 6.95. The number of carbonyl (C=O) groups is 2. The van der Waals surface area contributed by atoms with Crippen molar-refractivity contribution in [2.75, 3.05) is 19.7 Å². The summed E-state index contributed by atoms with van der Waals surface area (Å²) < 4.78 is 10.8. The van der Waals surface area contributed by atoms with Gasteiger partial charge in [0, 0.05) is 25.9 Å². The minimum absolute atomic E-state index is 0.00321. The second kappa shape index (κ2) is 6.81. The number of hydrogen-bond donors (Lipinski definition) is 0. The largest absolute Gasteiger partial charge is 0.462 e. The maximum atomic E-state index is 12.6. The van der Waals surface area contributed by atoms with Gasteiger partial charge in [-0.2, -0.15) is 0 Å². The standard InChI is InChI=1S/C20H31NO4/c1-2-24-19(23)21-5-3-17(4-6-21)25-18(22)13-20-10-14-7-15(11-20)9-16(8-14)12-20/h14-17H,2-13H2,1H3. The van der Waals surface area contributed by atoms with Gasteiger partial charge >= 0.3 is 12.1 Å². The first kappa shape index (κ1) is 17.2. The molecule has 1 saturated heterocycles. The highest BCUT2D eigenvalue weighted by molar-refractivity contribution is 5.71. The number of ether oxygens (including phenoxy) is 2. The second-order valence-electron chi connectivity index (χ2n) is 8.97. The highest BCUT2D eigenvalue weighted by Crippen LogP contribution is 2.61. The Morgan fingerprint density at radius 3 is 2.08 bits per heavy atom. The summed E-state index contributed by atoms with van der Waals surface area (Å²) in [5.74, 6) is 2.60. The Hall–Kier alpha value is -1.26. The van der Waals surface area contributed by atoms with Crippen molar-refractivity contribution in [1.82, 2.24) is 4.90 Å². The Morgan fingerprint density at radius 2 is 1.56 bits per heavy atom. The Balaban J connectivity index is 1.26. The number of amides is 1. The van der Waals surface area contributed by atoms with Gasteiger partial charge in [0.15, 0.2) is 0 Å². The van der Waals surface area contributed by atoms with Gasteiger partial charge in [0.05, 0.1) is 13.0 Å². The van der Waals surface area contributed by atoms with E-state index in [0.717, 1.165) is 30.6 Å². The van der Waals surface area contributed by atoms with Crippen LogP contribution >= 0.6 is 0 Å². The van der Waals surface area contributed by atoms with Crippen molar-refractivity contribution in [2.24, 2.45) is 23.2 Å². The molecule has 0 unspecified atom stereocenters. The first-order chi connectivity index (χ1) is 12.0. The van der Waals surface area contributed by atoms with E-state index in [-0.39, 0.29) is 23.6 Å². The lowest BCUT2D eigenvalue weighted by Crippen LogP contribution is -2.47. The number of hydrogen-bond acceptors (Lipinski definition) is 4. The van der Waals surface area contributed by atoms with Crippen molar-refractivity contribution < 1.29 is 19.1 Å². The van der Waals surface area contributed by atoms with E-state index >= 15 is 0 Å². The summed E-state index contributed by atoms with van der Waals surface area (Å²) in [6, 6.07) is 0. The van der Waals surface area contributed by atoms with Crippen molar-refractivity contribution in [1.29, 1.82) is 0 Å². The lowest BCUT2D eigenvalue weighted by molar-refractivity contribution is -0.159. The predicted octanol–water partition coefficient (Wildman–Crippen LogP) is 3.76. The smallest absolute Gasteiger partial charge is 0.409 e. The van der Waals surface area contributed by atoms with E-state index in [2.05, 4.69) is 0 Å². The van der Waals surface area contributed by atoms with Gasteiger partial charge in [-0.15, -0.1) is 0 Å². The van der Waals surface area contributed by atoms with Crippen LogP contribution in [0.25, 0.3) is 0 Å². The van der Waals surface area contributed by atoms with Gasteiger partial charge in [0.2, 0.25) is 0 Å². The van der Waals surface area contributed by atoms with Crippen molar-refractivity contribution in [3.63, 3.8) is 0 Å². The van der Waals surface area contributed by atoms with Crippen LogP contribution in [0.3, 0.4) is 0 Å². The highest BCUT2D eigenvalue weighted by atomic mass is 16.6. The number of piperidine rings is 1. The summed E-state index contributed by atoms with van der Waals surface area (Å²) >= 11 is 0. The van der Waals surface area contributed by atoms with Crippen molar-refractivity contribution in [3.05, 3.63) is 0 Å². The summed E-state index contributed by atoms with van der Waals surface area (Å²) in [5, 5.41) is 0. The monoisotopic (exact) mass is 349 g/mol. The Labute approximate surface area is 150 Å². The first-order valence-electron chi connectivity index (χ1n) is 10.2. The molecule has 0 N–H and O–H groups in total. The van der Waals surface area contributed by atoms with E-state index in [1.807, 2.05) is 6.92 Å². The summed E-state index contributed by atoms with van der Waals surface area (Å²) in [5.41, 5.74) is 0.247. The van der Waals surface area contributed by atoms with Crippen LogP contribution in [0.4, 0.5) is 4.79 Å². The fourth-order valence-electron chi connectivity index (χ4n) is 6.41. The van der Waals surface area contributed by atoms with Gasteiger partial charge in [-0.1, -0.05) is 0 Å². The second-order valence-corrected chi connectivity index (χ2v) is 8.97. The third kappa shape index (κ3) is 3.65. The fraction of sp³-hybridized carbons (Fsp3) is 0.900. The zero-order valence-electron chi connectivity index (χ0n) is 15.4. The lowest BCUT2D eigenvalue weighted by Gasteiger charge is -2.56. The predicted molar refractivity (Wildman–Crippen MR) is 92.9 cm³/mol. The topological polar surface area (TPSA) is 55.8 Å². The molecule has 4 saturated carbocycles. The lowest BCUT2D eigenvalue weighted by atomic mass is 9.49. The molecule has 4 aliphatic carbocycles. The zero-order valence-corrected chi connectivity index (χ0v) is 15.4. The summed E-state index contributed by atoms with van der Waals surface area (Å²) in [4.78, 5) is 26.0. The summed E-state index contributed by atoms with van der Waals surface area (Å²) in [7, 11) is 0. The van der Waals surface area contributed by atoms with E-state index in [0.29, 0.717) is 26.1 Å². The normalized spacial score (nSPS) is 37.2. The minimum atomic E-state index is -0.249. The van der Waals surface area contributed by atoms with Crippen LogP contribution < -0.4 is 0 Å². The minimum Gasteiger partial charge on any atom is -0.462 e. The molecule has 0 aromatic rings. The van der Waals surface area contributed by atoms with E-state index in [1.165, 1.54) is 38.5 Å². The average molecular weight is 349 g/mol. The molecule has 1 heterocycles. The molecule has 0 atom stereocenters. The number of carbonyl (C=O) groups excluding carboxylic acids is 2. The molecular formula is C20H31NO4. The molecule has 5 fully saturated rings. The molecule has 25 heavy (non-hydrogen) atoms. The van der Waals surface area contributed by atoms with Gasteiger partial charge in [0.1, 0.15) is 6.10 Å². The van der Waals surface area contributed by atoms with Crippen LogP contribution in [0.15, 0.2) is 0 Å². The molecule has 0 aromatic carbocycles. The first-order valence-corrected chi connectivity index (χ1v) is 10.2. The van der Waals surface area contributed by atoms with Crippen LogP contribution in [0, 0.1) is 23.2 Å². The van der Waals surface area contributed by atoms with Crippen molar-refractivity contribution in [2.45, 2.75) is 70.8 Å². The molecule has 5 heteroatoms. The SMILES string of the molecule is CCOC(=O)N1CCC(OC(=O)CC23CC4CC(CC(C4)C2)C3)CC1. The quantitative estimate of drug-likeness (QED) is 0.725. The molecule has 0 radical (unpaired) electrons. The van der Waals surface area contributed by atoms with Crippen LogP contribution in [0.2, 0.25) is 0 Å². The molecule has 140 valence electrons. The molecular weight excluding hydrogens is 318 g/mol. The maximum Gasteiger partial charge on any atom is 0.409 e. The summed E-state index contributed by atoms with van der Waals surface area (Å²) in [6.45, 7) is 3.46. The molecule has 5 rings (SSSR count). The van der Waals surface area contributed by atoms with Crippen LogP contribution in [-0.2, 0) is 14.3 Å².